The van der Waals surface area contributed by atoms with Crippen LogP contribution in [0.4, 0.5) is 4.39 Å². The number of methoxy groups -OCH3 is 1. The molecule has 3 nitrogen and oxygen atoms in total. The van der Waals surface area contributed by atoms with Crippen molar-refractivity contribution in [1.29, 1.82) is 0 Å². The molecule has 1 aromatic rings. The van der Waals surface area contributed by atoms with Gasteiger partial charge in [0.2, 0.25) is 0 Å². The zero-order valence-corrected chi connectivity index (χ0v) is 11.2. The van der Waals surface area contributed by atoms with Gasteiger partial charge in [-0.2, -0.15) is 0 Å². The molecule has 0 aromatic heterocycles. The van der Waals surface area contributed by atoms with Crippen molar-refractivity contribution in [3.63, 3.8) is 0 Å². The molecule has 0 N–H and O–H groups in total. The van der Waals surface area contributed by atoms with Gasteiger partial charge in [0.25, 0.3) is 0 Å². The second-order valence-electron chi connectivity index (χ2n) is 5.41. The van der Waals surface area contributed by atoms with Gasteiger partial charge in [0.05, 0.1) is 20.3 Å². The Kier molecular flexibility index (Phi) is 3.88. The first-order chi connectivity index (χ1) is 8.54. The molecule has 0 radical (unpaired) electrons. The third kappa shape index (κ3) is 2.82. The molecule has 4 heteroatoms. The quantitative estimate of drug-likeness (QED) is 0.803. The van der Waals surface area contributed by atoms with E-state index in [0.29, 0.717) is 17.9 Å². The maximum atomic E-state index is 14.0. The van der Waals surface area contributed by atoms with Crippen molar-refractivity contribution in [3.05, 3.63) is 29.6 Å². The third-order valence-corrected chi connectivity index (χ3v) is 3.26. The largest absolute Gasteiger partial charge is 0.494 e. The molecule has 0 unspecified atom stereocenters. The number of ether oxygens (including phenoxy) is 2. The van der Waals surface area contributed by atoms with Crippen LogP contribution in [0.1, 0.15) is 12.5 Å². The second-order valence-corrected chi connectivity index (χ2v) is 5.41. The highest BCUT2D eigenvalue weighted by atomic mass is 19.1. The predicted molar refractivity (Wildman–Crippen MR) is 68.2 cm³/mol. The highest BCUT2D eigenvalue weighted by molar-refractivity contribution is 5.30. The Morgan fingerprint density at radius 2 is 2.17 bits per heavy atom. The fourth-order valence-electron chi connectivity index (χ4n) is 2.38. The number of benzene rings is 1. The Morgan fingerprint density at radius 1 is 1.44 bits per heavy atom. The van der Waals surface area contributed by atoms with E-state index in [2.05, 4.69) is 11.8 Å². The molecule has 2 rings (SSSR count). The van der Waals surface area contributed by atoms with Gasteiger partial charge in [0, 0.05) is 24.1 Å². The summed E-state index contributed by atoms with van der Waals surface area (Å²) in [4.78, 5) is 2.13. The normalized spacial score (nSPS) is 17.6. The molecule has 100 valence electrons. The SMILES string of the molecule is COc1cccc(CN(C)CC2(C)COC2)c1F. The van der Waals surface area contributed by atoms with Gasteiger partial charge in [-0.1, -0.05) is 19.1 Å². The zero-order chi connectivity index (χ0) is 13.2. The van der Waals surface area contributed by atoms with Gasteiger partial charge in [0.15, 0.2) is 11.6 Å². The number of hydrogen-bond acceptors (Lipinski definition) is 3. The Bertz CT molecular complexity index is 418. The molecular weight excluding hydrogens is 233 g/mol. The summed E-state index contributed by atoms with van der Waals surface area (Å²) in [5, 5.41) is 0. The van der Waals surface area contributed by atoms with Crippen LogP contribution in [0.15, 0.2) is 18.2 Å². The Hall–Kier alpha value is -1.13. The van der Waals surface area contributed by atoms with Gasteiger partial charge in [-0.15, -0.1) is 0 Å². The second kappa shape index (κ2) is 5.24. The van der Waals surface area contributed by atoms with E-state index < -0.39 is 0 Å². The van der Waals surface area contributed by atoms with Crippen molar-refractivity contribution < 1.29 is 13.9 Å². The van der Waals surface area contributed by atoms with Crippen molar-refractivity contribution in [3.8, 4) is 5.75 Å². The highest BCUT2D eigenvalue weighted by Crippen LogP contribution is 2.28. The van der Waals surface area contributed by atoms with Crippen molar-refractivity contribution in [1.82, 2.24) is 4.90 Å². The van der Waals surface area contributed by atoms with E-state index in [1.165, 1.54) is 7.11 Å². The lowest BCUT2D eigenvalue weighted by molar-refractivity contribution is -0.113. The van der Waals surface area contributed by atoms with Gasteiger partial charge >= 0.3 is 0 Å². The molecule has 0 aliphatic carbocycles. The Labute approximate surface area is 107 Å². The van der Waals surface area contributed by atoms with Crippen LogP contribution in [0.25, 0.3) is 0 Å². The van der Waals surface area contributed by atoms with Crippen LogP contribution in [0.3, 0.4) is 0 Å². The zero-order valence-electron chi connectivity index (χ0n) is 11.2. The maximum absolute atomic E-state index is 14.0. The van der Waals surface area contributed by atoms with E-state index in [-0.39, 0.29) is 11.2 Å². The van der Waals surface area contributed by atoms with E-state index in [9.17, 15) is 4.39 Å². The first-order valence-electron chi connectivity index (χ1n) is 6.12. The van der Waals surface area contributed by atoms with Crippen LogP contribution in [-0.4, -0.2) is 38.8 Å². The lowest BCUT2D eigenvalue weighted by atomic mass is 9.88. The van der Waals surface area contributed by atoms with E-state index in [4.69, 9.17) is 9.47 Å². The molecule has 1 aliphatic rings. The number of rotatable bonds is 5. The van der Waals surface area contributed by atoms with Gasteiger partial charge in [0.1, 0.15) is 0 Å². The van der Waals surface area contributed by atoms with E-state index in [0.717, 1.165) is 19.8 Å². The van der Waals surface area contributed by atoms with Gasteiger partial charge in [-0.25, -0.2) is 4.39 Å². The van der Waals surface area contributed by atoms with Crippen LogP contribution in [0, 0.1) is 11.2 Å². The number of nitrogens with zero attached hydrogens (tertiary/aromatic N) is 1. The molecule has 1 aliphatic heterocycles. The molecule has 18 heavy (non-hydrogen) atoms. The average Bonchev–Trinajstić information content (AvgIpc) is 2.30. The van der Waals surface area contributed by atoms with Crippen LogP contribution in [-0.2, 0) is 11.3 Å². The molecule has 1 fully saturated rings. The highest BCUT2D eigenvalue weighted by Gasteiger charge is 2.34. The van der Waals surface area contributed by atoms with Crippen LogP contribution >= 0.6 is 0 Å². The minimum Gasteiger partial charge on any atom is -0.494 e. The van der Waals surface area contributed by atoms with E-state index in [1.807, 2.05) is 13.1 Å². The lowest BCUT2D eigenvalue weighted by Crippen LogP contribution is -2.47. The Morgan fingerprint density at radius 3 is 2.72 bits per heavy atom. The predicted octanol–water partition coefficient (Wildman–Crippen LogP) is 2.30. The van der Waals surface area contributed by atoms with Crippen molar-refractivity contribution >= 4 is 0 Å². The van der Waals surface area contributed by atoms with E-state index in [1.54, 1.807) is 12.1 Å². The molecule has 1 saturated heterocycles. The number of hydrogen-bond donors (Lipinski definition) is 0. The molecule has 0 amide bonds. The van der Waals surface area contributed by atoms with E-state index >= 15 is 0 Å². The Balaban J connectivity index is 2.00. The third-order valence-electron chi connectivity index (χ3n) is 3.26. The van der Waals surface area contributed by atoms with Crippen LogP contribution in [0.2, 0.25) is 0 Å². The summed E-state index contributed by atoms with van der Waals surface area (Å²) in [6, 6.07) is 5.26. The molecule has 1 aromatic carbocycles. The minimum atomic E-state index is -0.262. The maximum Gasteiger partial charge on any atom is 0.169 e. The molecular formula is C14H20FNO2. The molecule has 1 heterocycles. The molecule has 0 spiro atoms. The standard InChI is InChI=1S/C14H20FNO2/c1-14(9-18-10-14)8-16(2)7-11-5-4-6-12(17-3)13(11)15/h4-6H,7-10H2,1-3H3. The minimum absolute atomic E-state index is 0.212. The summed E-state index contributed by atoms with van der Waals surface area (Å²) < 4.78 is 24.2. The molecule has 0 saturated carbocycles. The molecule has 0 bridgehead atoms. The van der Waals surface area contributed by atoms with Crippen molar-refractivity contribution in [2.24, 2.45) is 5.41 Å². The number of halogens is 1. The van der Waals surface area contributed by atoms with Crippen molar-refractivity contribution in [2.75, 3.05) is 33.9 Å². The summed E-state index contributed by atoms with van der Waals surface area (Å²) in [5.74, 6) is 0.0425. The summed E-state index contributed by atoms with van der Waals surface area (Å²) in [6.45, 7) is 5.26. The summed E-state index contributed by atoms with van der Waals surface area (Å²) in [7, 11) is 3.49. The summed E-state index contributed by atoms with van der Waals surface area (Å²) in [5.41, 5.74) is 0.880. The molecule has 0 atom stereocenters. The summed E-state index contributed by atoms with van der Waals surface area (Å²) >= 11 is 0. The monoisotopic (exact) mass is 253 g/mol. The van der Waals surface area contributed by atoms with Crippen LogP contribution < -0.4 is 4.74 Å². The van der Waals surface area contributed by atoms with Gasteiger partial charge in [-0.3, -0.25) is 0 Å². The lowest BCUT2D eigenvalue weighted by Gasteiger charge is -2.40. The topological polar surface area (TPSA) is 21.7 Å². The van der Waals surface area contributed by atoms with Crippen LogP contribution in [0.5, 0.6) is 5.75 Å². The fraction of sp³-hybridized carbons (Fsp3) is 0.571. The first-order valence-corrected chi connectivity index (χ1v) is 6.12. The van der Waals surface area contributed by atoms with Gasteiger partial charge in [-0.05, 0) is 13.1 Å². The van der Waals surface area contributed by atoms with Gasteiger partial charge < -0.3 is 14.4 Å². The fourth-order valence-corrected chi connectivity index (χ4v) is 2.38. The summed E-state index contributed by atoms with van der Waals surface area (Å²) in [6.07, 6.45) is 0. The van der Waals surface area contributed by atoms with Crippen molar-refractivity contribution in [2.45, 2.75) is 13.5 Å². The first kappa shape index (κ1) is 13.3. The average molecular weight is 253 g/mol. The smallest absolute Gasteiger partial charge is 0.169 e.